The van der Waals surface area contributed by atoms with Crippen LogP contribution < -0.4 is 5.32 Å². The van der Waals surface area contributed by atoms with E-state index in [9.17, 15) is 14.4 Å². The standard InChI is InChI=1S/C23H25N3O3/c1-17(27)25-13-11-23(12-14-25,15-21(28)24-19-8-3-2-4-9-19)26-16-18-7-5-6-10-20(18)22(26)29/h2-10H,11-16H2,1H3,(H,24,28). The molecule has 2 aliphatic heterocycles. The van der Waals surface area contributed by atoms with Crippen LogP contribution in [-0.4, -0.2) is 46.1 Å². The van der Waals surface area contributed by atoms with Crippen molar-refractivity contribution in [1.82, 2.24) is 9.80 Å². The van der Waals surface area contributed by atoms with E-state index in [1.807, 2.05) is 59.5 Å². The third-order valence-electron chi connectivity index (χ3n) is 6.08. The smallest absolute Gasteiger partial charge is 0.254 e. The molecule has 2 aromatic rings. The molecule has 0 radical (unpaired) electrons. The van der Waals surface area contributed by atoms with Crippen molar-refractivity contribution >= 4 is 23.4 Å². The Morgan fingerprint density at radius 2 is 1.66 bits per heavy atom. The molecule has 1 N–H and O–H groups in total. The first kappa shape index (κ1) is 19.2. The zero-order chi connectivity index (χ0) is 20.4. The van der Waals surface area contributed by atoms with Crippen LogP contribution in [0.4, 0.5) is 5.69 Å². The highest BCUT2D eigenvalue weighted by Crippen LogP contribution is 2.38. The molecule has 6 nitrogen and oxygen atoms in total. The van der Waals surface area contributed by atoms with Gasteiger partial charge in [0.1, 0.15) is 0 Å². The number of hydrogen-bond acceptors (Lipinski definition) is 3. The molecule has 0 unspecified atom stereocenters. The molecule has 0 saturated carbocycles. The van der Waals surface area contributed by atoms with Crippen molar-refractivity contribution in [2.45, 2.75) is 38.3 Å². The molecule has 3 amide bonds. The molecule has 0 aliphatic carbocycles. The first-order valence-corrected chi connectivity index (χ1v) is 9.99. The van der Waals surface area contributed by atoms with Crippen LogP contribution in [0.5, 0.6) is 0 Å². The Balaban J connectivity index is 1.58. The van der Waals surface area contributed by atoms with Gasteiger partial charge in [-0.25, -0.2) is 0 Å². The van der Waals surface area contributed by atoms with E-state index < -0.39 is 5.54 Å². The largest absolute Gasteiger partial charge is 0.343 e. The van der Waals surface area contributed by atoms with Crippen LogP contribution in [0.3, 0.4) is 0 Å². The molecule has 0 bridgehead atoms. The van der Waals surface area contributed by atoms with Gasteiger partial charge in [0.25, 0.3) is 5.91 Å². The molecule has 1 saturated heterocycles. The zero-order valence-corrected chi connectivity index (χ0v) is 16.6. The number of piperidine rings is 1. The van der Waals surface area contributed by atoms with Crippen LogP contribution in [0, 0.1) is 0 Å². The van der Waals surface area contributed by atoms with E-state index in [0.29, 0.717) is 38.0 Å². The summed E-state index contributed by atoms with van der Waals surface area (Å²) in [4.78, 5) is 41.5. The summed E-state index contributed by atoms with van der Waals surface area (Å²) in [6.07, 6.45) is 1.40. The van der Waals surface area contributed by atoms with E-state index in [2.05, 4.69) is 5.32 Å². The summed E-state index contributed by atoms with van der Waals surface area (Å²) in [6, 6.07) is 17.0. The molecule has 2 aliphatic rings. The number of nitrogens with zero attached hydrogens (tertiary/aromatic N) is 2. The van der Waals surface area contributed by atoms with Gasteiger partial charge in [-0.05, 0) is 36.6 Å². The third-order valence-corrected chi connectivity index (χ3v) is 6.08. The Morgan fingerprint density at radius 1 is 1.00 bits per heavy atom. The number of benzene rings is 2. The van der Waals surface area contributed by atoms with Gasteiger partial charge in [0.05, 0.1) is 12.0 Å². The molecule has 0 aromatic heterocycles. The van der Waals surface area contributed by atoms with Gasteiger partial charge in [0.2, 0.25) is 11.8 Å². The zero-order valence-electron chi connectivity index (χ0n) is 16.6. The lowest BCUT2D eigenvalue weighted by molar-refractivity contribution is -0.131. The van der Waals surface area contributed by atoms with Crippen LogP contribution in [0.1, 0.15) is 42.1 Å². The van der Waals surface area contributed by atoms with Gasteiger partial charge in [-0.3, -0.25) is 14.4 Å². The lowest BCUT2D eigenvalue weighted by Gasteiger charge is -2.47. The normalized spacial score (nSPS) is 17.8. The van der Waals surface area contributed by atoms with Gasteiger partial charge in [0, 0.05) is 37.8 Å². The number of carbonyl (C=O) groups excluding carboxylic acids is 3. The highest BCUT2D eigenvalue weighted by molar-refractivity contribution is 5.99. The number of carbonyl (C=O) groups is 3. The minimum absolute atomic E-state index is 0.0237. The fraction of sp³-hybridized carbons (Fsp3) is 0.348. The van der Waals surface area contributed by atoms with Crippen LogP contribution in [-0.2, 0) is 16.1 Å². The van der Waals surface area contributed by atoms with Gasteiger partial charge in [-0.2, -0.15) is 0 Å². The number of fused-ring (bicyclic) bond motifs is 1. The Hall–Kier alpha value is -3.15. The first-order chi connectivity index (χ1) is 14.0. The average Bonchev–Trinajstić information content (AvgIpc) is 3.06. The second-order valence-corrected chi connectivity index (χ2v) is 7.87. The monoisotopic (exact) mass is 391 g/mol. The Labute approximate surface area is 170 Å². The molecule has 6 heteroatoms. The van der Waals surface area contributed by atoms with Crippen LogP contribution in [0.25, 0.3) is 0 Å². The number of hydrogen-bond donors (Lipinski definition) is 1. The van der Waals surface area contributed by atoms with Crippen LogP contribution >= 0.6 is 0 Å². The number of anilines is 1. The van der Waals surface area contributed by atoms with Crippen molar-refractivity contribution < 1.29 is 14.4 Å². The summed E-state index contributed by atoms with van der Waals surface area (Å²) in [5, 5.41) is 2.95. The number of amides is 3. The number of para-hydroxylation sites is 1. The Morgan fingerprint density at radius 3 is 2.31 bits per heavy atom. The predicted octanol–water partition coefficient (Wildman–Crippen LogP) is 3.05. The van der Waals surface area contributed by atoms with Gasteiger partial charge in [-0.1, -0.05) is 36.4 Å². The minimum atomic E-state index is -0.596. The van der Waals surface area contributed by atoms with Crippen molar-refractivity contribution in [3.05, 3.63) is 65.7 Å². The van der Waals surface area contributed by atoms with Crippen molar-refractivity contribution in [1.29, 1.82) is 0 Å². The molecule has 0 atom stereocenters. The maximum Gasteiger partial charge on any atom is 0.254 e. The highest BCUT2D eigenvalue weighted by atomic mass is 16.2. The quantitative estimate of drug-likeness (QED) is 0.871. The Bertz CT molecular complexity index is 933. The van der Waals surface area contributed by atoms with E-state index in [1.165, 1.54) is 0 Å². The molecule has 1 fully saturated rings. The van der Waals surface area contributed by atoms with E-state index in [4.69, 9.17) is 0 Å². The highest BCUT2D eigenvalue weighted by Gasteiger charge is 2.47. The summed E-state index contributed by atoms with van der Waals surface area (Å²) in [6.45, 7) is 3.17. The maximum absolute atomic E-state index is 13.2. The number of likely N-dealkylation sites (tertiary alicyclic amines) is 1. The summed E-state index contributed by atoms with van der Waals surface area (Å²) in [7, 11) is 0. The van der Waals surface area contributed by atoms with Gasteiger partial charge in [-0.15, -0.1) is 0 Å². The molecule has 4 rings (SSSR count). The van der Waals surface area contributed by atoms with Gasteiger partial charge in [0.15, 0.2) is 0 Å². The fourth-order valence-corrected chi connectivity index (χ4v) is 4.44. The van der Waals surface area contributed by atoms with Crippen LogP contribution in [0.2, 0.25) is 0 Å². The van der Waals surface area contributed by atoms with Crippen molar-refractivity contribution in [3.63, 3.8) is 0 Å². The van der Waals surface area contributed by atoms with Crippen molar-refractivity contribution in [2.75, 3.05) is 18.4 Å². The van der Waals surface area contributed by atoms with Crippen LogP contribution in [0.15, 0.2) is 54.6 Å². The van der Waals surface area contributed by atoms with Gasteiger partial charge >= 0.3 is 0 Å². The predicted molar refractivity (Wildman–Crippen MR) is 110 cm³/mol. The molecule has 2 heterocycles. The second-order valence-electron chi connectivity index (χ2n) is 7.87. The topological polar surface area (TPSA) is 69.7 Å². The summed E-state index contributed by atoms with van der Waals surface area (Å²) < 4.78 is 0. The first-order valence-electron chi connectivity index (χ1n) is 9.99. The number of nitrogens with one attached hydrogen (secondary N) is 1. The van der Waals surface area contributed by atoms with E-state index in [0.717, 1.165) is 11.3 Å². The maximum atomic E-state index is 13.2. The van der Waals surface area contributed by atoms with Crippen molar-refractivity contribution in [3.8, 4) is 0 Å². The Kier molecular flexibility index (Phi) is 5.09. The molecule has 150 valence electrons. The summed E-state index contributed by atoms with van der Waals surface area (Å²) in [5.41, 5.74) is 1.85. The molecule has 2 aromatic carbocycles. The van der Waals surface area contributed by atoms with E-state index >= 15 is 0 Å². The minimum Gasteiger partial charge on any atom is -0.343 e. The third kappa shape index (κ3) is 3.75. The van der Waals surface area contributed by atoms with E-state index in [-0.39, 0.29) is 24.1 Å². The second kappa shape index (κ2) is 7.70. The lowest BCUT2D eigenvalue weighted by atomic mass is 9.82. The average molecular weight is 391 g/mol. The SMILES string of the molecule is CC(=O)N1CCC(CC(=O)Nc2ccccc2)(N2Cc3ccccc3C2=O)CC1. The molecular formula is C23H25N3O3. The molecule has 0 spiro atoms. The molecular weight excluding hydrogens is 366 g/mol. The van der Waals surface area contributed by atoms with E-state index in [1.54, 1.807) is 11.8 Å². The van der Waals surface area contributed by atoms with Crippen molar-refractivity contribution in [2.24, 2.45) is 0 Å². The lowest BCUT2D eigenvalue weighted by Crippen LogP contribution is -2.57. The van der Waals surface area contributed by atoms with Gasteiger partial charge < -0.3 is 15.1 Å². The summed E-state index contributed by atoms with van der Waals surface area (Å²) >= 11 is 0. The summed E-state index contributed by atoms with van der Waals surface area (Å²) in [5.74, 6) is -0.107. The number of rotatable bonds is 4. The fourth-order valence-electron chi connectivity index (χ4n) is 4.44. The molecule has 29 heavy (non-hydrogen) atoms.